The fourth-order valence-corrected chi connectivity index (χ4v) is 2.02. The lowest BCUT2D eigenvalue weighted by molar-refractivity contribution is -0.384. The van der Waals surface area contributed by atoms with Crippen LogP contribution in [-0.2, 0) is 6.42 Å². The predicted molar refractivity (Wildman–Crippen MR) is 57.8 cm³/mol. The molecule has 1 N–H and O–H groups in total. The molecule has 0 amide bonds. The van der Waals surface area contributed by atoms with Gasteiger partial charge in [-0.15, -0.1) is 0 Å². The topological polar surface area (TPSA) is 55.2 Å². The summed E-state index contributed by atoms with van der Waals surface area (Å²) < 4.78 is 0. The number of nitro groups is 1. The van der Waals surface area contributed by atoms with E-state index in [4.69, 9.17) is 0 Å². The van der Waals surface area contributed by atoms with Crippen LogP contribution < -0.4 is 5.32 Å². The number of nitrogens with zero attached hydrogens (tertiary/aromatic N) is 1. The predicted octanol–water partition coefficient (Wildman–Crippen LogP) is 1.75. The van der Waals surface area contributed by atoms with Gasteiger partial charge in [0, 0.05) is 12.1 Å². The molecular formula is C11H14N2O2. The molecule has 0 aliphatic carbocycles. The molecule has 4 heteroatoms. The smallest absolute Gasteiger partial charge is 0.269 e. The summed E-state index contributed by atoms with van der Waals surface area (Å²) in [5, 5.41) is 13.9. The van der Waals surface area contributed by atoms with E-state index in [1.54, 1.807) is 12.1 Å². The van der Waals surface area contributed by atoms with Gasteiger partial charge in [-0.2, -0.15) is 0 Å². The Labute approximate surface area is 88.5 Å². The molecular weight excluding hydrogens is 192 g/mol. The summed E-state index contributed by atoms with van der Waals surface area (Å²) in [5.74, 6) is 0.631. The fraction of sp³-hybridized carbons (Fsp3) is 0.455. The van der Waals surface area contributed by atoms with E-state index in [1.165, 1.54) is 12.5 Å². The van der Waals surface area contributed by atoms with Crippen LogP contribution in [0.1, 0.15) is 12.0 Å². The van der Waals surface area contributed by atoms with Crippen molar-refractivity contribution in [1.29, 1.82) is 0 Å². The van der Waals surface area contributed by atoms with E-state index in [-0.39, 0.29) is 10.6 Å². The molecule has 2 rings (SSSR count). The number of non-ortho nitro benzene ring substituents is 1. The van der Waals surface area contributed by atoms with E-state index in [0.29, 0.717) is 5.92 Å². The number of nitrogens with one attached hydrogen (secondary N) is 1. The molecule has 0 spiro atoms. The van der Waals surface area contributed by atoms with E-state index in [1.807, 2.05) is 6.07 Å². The Kier molecular flexibility index (Phi) is 2.97. The molecule has 1 heterocycles. The average molecular weight is 206 g/mol. The second-order valence-electron chi connectivity index (χ2n) is 3.99. The maximum atomic E-state index is 10.6. The minimum Gasteiger partial charge on any atom is -0.316 e. The van der Waals surface area contributed by atoms with E-state index in [9.17, 15) is 10.1 Å². The van der Waals surface area contributed by atoms with E-state index < -0.39 is 0 Å². The van der Waals surface area contributed by atoms with Crippen molar-refractivity contribution >= 4 is 5.69 Å². The molecule has 0 bridgehead atoms. The van der Waals surface area contributed by atoms with Gasteiger partial charge in [-0.1, -0.05) is 12.1 Å². The van der Waals surface area contributed by atoms with Crippen molar-refractivity contribution < 1.29 is 4.92 Å². The zero-order chi connectivity index (χ0) is 10.7. The highest BCUT2D eigenvalue weighted by atomic mass is 16.6. The fourth-order valence-electron chi connectivity index (χ4n) is 2.02. The van der Waals surface area contributed by atoms with Crippen LogP contribution in [0.5, 0.6) is 0 Å². The summed E-state index contributed by atoms with van der Waals surface area (Å²) in [5.41, 5.74) is 1.26. The Balaban J connectivity index is 2.07. The molecule has 0 aromatic heterocycles. The van der Waals surface area contributed by atoms with Gasteiger partial charge in [0.2, 0.25) is 0 Å². The van der Waals surface area contributed by atoms with Crippen LogP contribution in [0.4, 0.5) is 5.69 Å². The summed E-state index contributed by atoms with van der Waals surface area (Å²) in [6.07, 6.45) is 2.11. The first-order valence-electron chi connectivity index (χ1n) is 5.20. The first-order chi connectivity index (χ1) is 7.25. The normalized spacial score (nSPS) is 20.4. The van der Waals surface area contributed by atoms with Crippen LogP contribution in [0.25, 0.3) is 0 Å². The van der Waals surface area contributed by atoms with Crippen LogP contribution in [0, 0.1) is 16.0 Å². The van der Waals surface area contributed by atoms with E-state index in [0.717, 1.165) is 25.1 Å². The second-order valence-corrected chi connectivity index (χ2v) is 3.99. The van der Waals surface area contributed by atoms with Gasteiger partial charge in [0.05, 0.1) is 4.92 Å². The Bertz CT molecular complexity index is 359. The SMILES string of the molecule is O=[N+]([O-])c1cccc(C[C@@H]2CCNC2)c1. The van der Waals surface area contributed by atoms with Crippen LogP contribution in [0.15, 0.2) is 24.3 Å². The largest absolute Gasteiger partial charge is 0.316 e. The first kappa shape index (κ1) is 10.1. The third kappa shape index (κ3) is 2.53. The zero-order valence-electron chi connectivity index (χ0n) is 8.48. The quantitative estimate of drug-likeness (QED) is 0.605. The Morgan fingerprint density at radius 3 is 3.07 bits per heavy atom. The van der Waals surface area contributed by atoms with Crippen molar-refractivity contribution in [3.8, 4) is 0 Å². The van der Waals surface area contributed by atoms with Gasteiger partial charge < -0.3 is 5.32 Å². The van der Waals surface area contributed by atoms with Crippen LogP contribution in [-0.4, -0.2) is 18.0 Å². The monoisotopic (exact) mass is 206 g/mol. The molecule has 1 aliphatic heterocycles. The summed E-state index contributed by atoms with van der Waals surface area (Å²) in [4.78, 5) is 10.2. The highest BCUT2D eigenvalue weighted by molar-refractivity contribution is 5.34. The average Bonchev–Trinajstić information content (AvgIpc) is 2.71. The van der Waals surface area contributed by atoms with Gasteiger partial charge in [0.25, 0.3) is 5.69 Å². The maximum absolute atomic E-state index is 10.6. The maximum Gasteiger partial charge on any atom is 0.269 e. The molecule has 1 aliphatic rings. The highest BCUT2D eigenvalue weighted by Crippen LogP contribution is 2.19. The first-order valence-corrected chi connectivity index (χ1v) is 5.20. The van der Waals surface area contributed by atoms with E-state index in [2.05, 4.69) is 5.32 Å². The van der Waals surface area contributed by atoms with Gasteiger partial charge >= 0.3 is 0 Å². The molecule has 1 aromatic rings. The van der Waals surface area contributed by atoms with Crippen LogP contribution in [0.3, 0.4) is 0 Å². The number of hydrogen-bond acceptors (Lipinski definition) is 3. The van der Waals surface area contributed by atoms with Gasteiger partial charge in [-0.3, -0.25) is 10.1 Å². The van der Waals surface area contributed by atoms with Crippen LogP contribution in [0.2, 0.25) is 0 Å². The second kappa shape index (κ2) is 4.40. The summed E-state index contributed by atoms with van der Waals surface area (Å²) in [6, 6.07) is 6.94. The molecule has 1 fully saturated rings. The molecule has 1 atom stereocenters. The van der Waals surface area contributed by atoms with Gasteiger partial charge in [0.15, 0.2) is 0 Å². The van der Waals surface area contributed by atoms with Crippen molar-refractivity contribution in [3.05, 3.63) is 39.9 Å². The number of nitro benzene ring substituents is 1. The Morgan fingerprint density at radius 1 is 1.53 bits per heavy atom. The van der Waals surface area contributed by atoms with Gasteiger partial charge in [-0.25, -0.2) is 0 Å². The van der Waals surface area contributed by atoms with Gasteiger partial charge in [0.1, 0.15) is 0 Å². The third-order valence-electron chi connectivity index (χ3n) is 2.81. The molecule has 4 nitrogen and oxygen atoms in total. The highest BCUT2D eigenvalue weighted by Gasteiger charge is 2.15. The van der Waals surface area contributed by atoms with Gasteiger partial charge in [-0.05, 0) is 37.4 Å². The molecule has 15 heavy (non-hydrogen) atoms. The molecule has 0 unspecified atom stereocenters. The van der Waals surface area contributed by atoms with Crippen molar-refractivity contribution in [2.75, 3.05) is 13.1 Å². The standard InChI is InChI=1S/C11H14N2O2/c14-13(15)11-3-1-2-9(7-11)6-10-4-5-12-8-10/h1-3,7,10,12H,4-6,8H2/t10-/m0/s1. The third-order valence-corrected chi connectivity index (χ3v) is 2.81. The lowest BCUT2D eigenvalue weighted by atomic mass is 9.98. The Hall–Kier alpha value is -1.42. The van der Waals surface area contributed by atoms with E-state index >= 15 is 0 Å². The minimum absolute atomic E-state index is 0.193. The van der Waals surface area contributed by atoms with Crippen molar-refractivity contribution in [3.63, 3.8) is 0 Å². The summed E-state index contributed by atoms with van der Waals surface area (Å²) >= 11 is 0. The molecule has 80 valence electrons. The van der Waals surface area contributed by atoms with Crippen molar-refractivity contribution in [1.82, 2.24) is 5.32 Å². The minimum atomic E-state index is -0.337. The number of benzene rings is 1. The lowest BCUT2D eigenvalue weighted by Crippen LogP contribution is -2.10. The Morgan fingerprint density at radius 2 is 2.40 bits per heavy atom. The lowest BCUT2D eigenvalue weighted by Gasteiger charge is -2.07. The zero-order valence-corrected chi connectivity index (χ0v) is 8.48. The molecule has 1 saturated heterocycles. The van der Waals surface area contributed by atoms with Crippen molar-refractivity contribution in [2.45, 2.75) is 12.8 Å². The van der Waals surface area contributed by atoms with Crippen molar-refractivity contribution in [2.24, 2.45) is 5.92 Å². The number of hydrogen-bond donors (Lipinski definition) is 1. The number of rotatable bonds is 3. The molecule has 1 aromatic carbocycles. The van der Waals surface area contributed by atoms with Crippen LogP contribution >= 0.6 is 0 Å². The molecule has 0 radical (unpaired) electrons. The summed E-state index contributed by atoms with van der Waals surface area (Å²) in [6.45, 7) is 2.10. The summed E-state index contributed by atoms with van der Waals surface area (Å²) in [7, 11) is 0. The molecule has 0 saturated carbocycles.